The van der Waals surface area contributed by atoms with Gasteiger partial charge in [-0.05, 0) is 30.7 Å². The van der Waals surface area contributed by atoms with Gasteiger partial charge in [-0.3, -0.25) is 14.7 Å². The molecule has 0 radical (unpaired) electrons. The Hall–Kier alpha value is -1.64. The van der Waals surface area contributed by atoms with E-state index in [0.717, 1.165) is 71.2 Å². The molecule has 2 atom stereocenters. The first-order valence-electron chi connectivity index (χ1n) is 11.4. The standard InChI is InChI=1S/C22H35N5O2S/c1-23-22(25-18-8-9-27(16-18)21(28)17-5-2-3-6-17)24-15-19(20-7-4-14-30-20)26-10-12-29-13-11-26/h4,7,14,17-19H,2-3,5-6,8-13,15-16H2,1H3,(H2,23,24,25). The number of ether oxygens (including phenoxy) is 1. The van der Waals surface area contributed by atoms with Crippen LogP contribution in [0.25, 0.3) is 0 Å². The molecule has 1 aromatic rings. The number of hydrogen-bond donors (Lipinski definition) is 2. The Bertz CT molecular complexity index is 698. The summed E-state index contributed by atoms with van der Waals surface area (Å²) >= 11 is 1.81. The Morgan fingerprint density at radius 2 is 2.07 bits per heavy atom. The van der Waals surface area contributed by atoms with Gasteiger partial charge < -0.3 is 20.3 Å². The first-order valence-corrected chi connectivity index (χ1v) is 12.2. The number of likely N-dealkylation sites (tertiary alicyclic amines) is 1. The minimum absolute atomic E-state index is 0.265. The lowest BCUT2D eigenvalue weighted by Crippen LogP contribution is -2.49. The molecule has 3 fully saturated rings. The number of hydrogen-bond acceptors (Lipinski definition) is 5. The molecule has 0 aromatic carbocycles. The molecule has 1 amide bonds. The molecule has 1 saturated carbocycles. The van der Waals surface area contributed by atoms with Crippen molar-refractivity contribution in [3.05, 3.63) is 22.4 Å². The number of nitrogens with zero attached hydrogens (tertiary/aromatic N) is 3. The number of amides is 1. The average molecular weight is 434 g/mol. The maximum Gasteiger partial charge on any atom is 0.225 e. The molecule has 0 bridgehead atoms. The normalized spacial score (nSPS) is 24.9. The number of rotatable bonds is 6. The smallest absolute Gasteiger partial charge is 0.225 e. The molecule has 3 heterocycles. The Labute approximate surface area is 183 Å². The number of thiophene rings is 1. The molecule has 166 valence electrons. The third-order valence-corrected chi connectivity index (χ3v) is 7.56. The quantitative estimate of drug-likeness (QED) is 0.531. The number of nitrogens with one attached hydrogen (secondary N) is 2. The van der Waals surface area contributed by atoms with Crippen molar-refractivity contribution in [1.29, 1.82) is 0 Å². The van der Waals surface area contributed by atoms with Gasteiger partial charge in [0.2, 0.25) is 5.91 Å². The van der Waals surface area contributed by atoms with Crippen molar-refractivity contribution in [2.24, 2.45) is 10.9 Å². The van der Waals surface area contributed by atoms with E-state index in [0.29, 0.717) is 11.9 Å². The van der Waals surface area contributed by atoms with Gasteiger partial charge in [0.05, 0.1) is 19.3 Å². The van der Waals surface area contributed by atoms with Crippen molar-refractivity contribution in [2.75, 3.05) is 53.0 Å². The third-order valence-electron chi connectivity index (χ3n) is 6.59. The van der Waals surface area contributed by atoms with E-state index in [1.54, 1.807) is 11.3 Å². The number of carbonyl (C=O) groups is 1. The van der Waals surface area contributed by atoms with E-state index in [4.69, 9.17) is 4.74 Å². The summed E-state index contributed by atoms with van der Waals surface area (Å²) in [6, 6.07) is 4.92. The molecular weight excluding hydrogens is 398 g/mol. The summed E-state index contributed by atoms with van der Waals surface area (Å²) in [6.45, 7) is 5.94. The molecule has 2 aliphatic heterocycles. The molecule has 8 heteroatoms. The molecule has 2 N–H and O–H groups in total. The SMILES string of the molecule is CN=C(NCC(c1cccs1)N1CCOCC1)NC1CCN(C(=O)C2CCCC2)C1. The van der Waals surface area contributed by atoms with Crippen molar-refractivity contribution < 1.29 is 9.53 Å². The van der Waals surface area contributed by atoms with Crippen LogP contribution in [0.15, 0.2) is 22.5 Å². The van der Waals surface area contributed by atoms with Gasteiger partial charge >= 0.3 is 0 Å². The van der Waals surface area contributed by atoms with E-state index in [1.165, 1.54) is 17.7 Å². The number of morpholine rings is 1. The van der Waals surface area contributed by atoms with Crippen molar-refractivity contribution in [3.63, 3.8) is 0 Å². The lowest BCUT2D eigenvalue weighted by Gasteiger charge is -2.34. The first kappa shape index (κ1) is 21.6. The largest absolute Gasteiger partial charge is 0.379 e. The molecule has 30 heavy (non-hydrogen) atoms. The summed E-state index contributed by atoms with van der Waals surface area (Å²) in [5, 5.41) is 9.23. The summed E-state index contributed by atoms with van der Waals surface area (Å²) < 4.78 is 5.54. The summed E-state index contributed by atoms with van der Waals surface area (Å²) in [5.74, 6) is 1.45. The van der Waals surface area contributed by atoms with Crippen molar-refractivity contribution in [1.82, 2.24) is 20.4 Å². The van der Waals surface area contributed by atoms with Crippen molar-refractivity contribution in [2.45, 2.75) is 44.2 Å². The molecule has 0 spiro atoms. The summed E-state index contributed by atoms with van der Waals surface area (Å²) in [5.41, 5.74) is 0. The van der Waals surface area contributed by atoms with Crippen LogP contribution in [0, 0.1) is 5.92 Å². The van der Waals surface area contributed by atoms with Crippen LogP contribution in [0.5, 0.6) is 0 Å². The lowest BCUT2D eigenvalue weighted by atomic mass is 10.1. The van der Waals surface area contributed by atoms with Gasteiger partial charge in [-0.25, -0.2) is 0 Å². The van der Waals surface area contributed by atoms with Gasteiger partial charge in [0.25, 0.3) is 0 Å². The second kappa shape index (κ2) is 10.6. The van der Waals surface area contributed by atoms with Crippen LogP contribution in [0.1, 0.15) is 43.0 Å². The molecule has 4 rings (SSSR count). The number of guanidine groups is 1. The van der Waals surface area contributed by atoms with Gasteiger partial charge in [0.1, 0.15) is 0 Å². The van der Waals surface area contributed by atoms with Gasteiger partial charge in [-0.15, -0.1) is 11.3 Å². The maximum absolute atomic E-state index is 12.7. The van der Waals surface area contributed by atoms with E-state index in [1.807, 2.05) is 7.05 Å². The maximum atomic E-state index is 12.7. The molecule has 1 aromatic heterocycles. The zero-order valence-electron chi connectivity index (χ0n) is 18.0. The topological polar surface area (TPSA) is 69.2 Å². The van der Waals surface area contributed by atoms with E-state index < -0.39 is 0 Å². The highest BCUT2D eigenvalue weighted by Gasteiger charge is 2.32. The fourth-order valence-electron chi connectivity index (χ4n) is 4.87. The Morgan fingerprint density at radius 1 is 1.27 bits per heavy atom. The minimum atomic E-state index is 0.265. The highest BCUT2D eigenvalue weighted by molar-refractivity contribution is 7.10. The number of carbonyl (C=O) groups excluding carboxylic acids is 1. The van der Waals surface area contributed by atoms with Crippen LogP contribution >= 0.6 is 11.3 Å². The minimum Gasteiger partial charge on any atom is -0.379 e. The molecular formula is C22H35N5O2S. The summed E-state index contributed by atoms with van der Waals surface area (Å²) in [6.07, 6.45) is 5.54. The second-order valence-corrected chi connectivity index (χ2v) is 9.51. The fraction of sp³-hybridized carbons (Fsp3) is 0.727. The zero-order chi connectivity index (χ0) is 20.8. The monoisotopic (exact) mass is 433 g/mol. The van der Waals surface area contributed by atoms with Gasteiger partial charge in [0, 0.05) is 56.6 Å². The number of aliphatic imine (C=N–C) groups is 1. The van der Waals surface area contributed by atoms with Gasteiger partial charge in [0.15, 0.2) is 5.96 Å². The molecule has 2 unspecified atom stereocenters. The highest BCUT2D eigenvalue weighted by Crippen LogP contribution is 2.28. The average Bonchev–Trinajstić information content (AvgIpc) is 3.56. The Balaban J connectivity index is 1.29. The molecule has 1 aliphatic carbocycles. The first-order chi connectivity index (χ1) is 14.7. The van der Waals surface area contributed by atoms with Crippen LogP contribution in [0.4, 0.5) is 0 Å². The lowest BCUT2D eigenvalue weighted by molar-refractivity contribution is -0.134. The van der Waals surface area contributed by atoms with Crippen LogP contribution in [-0.2, 0) is 9.53 Å². The van der Waals surface area contributed by atoms with Crippen LogP contribution in [0.3, 0.4) is 0 Å². The van der Waals surface area contributed by atoms with E-state index in [-0.39, 0.29) is 12.0 Å². The molecule has 7 nitrogen and oxygen atoms in total. The Morgan fingerprint density at radius 3 is 2.77 bits per heavy atom. The highest BCUT2D eigenvalue weighted by atomic mass is 32.1. The summed E-state index contributed by atoms with van der Waals surface area (Å²) in [7, 11) is 1.82. The third kappa shape index (κ3) is 5.34. The van der Waals surface area contributed by atoms with E-state index in [2.05, 4.69) is 42.9 Å². The van der Waals surface area contributed by atoms with Crippen molar-refractivity contribution >= 4 is 23.2 Å². The van der Waals surface area contributed by atoms with Gasteiger partial charge in [-0.1, -0.05) is 18.9 Å². The summed E-state index contributed by atoms with van der Waals surface area (Å²) in [4.78, 5) is 23.1. The van der Waals surface area contributed by atoms with E-state index in [9.17, 15) is 4.79 Å². The van der Waals surface area contributed by atoms with Gasteiger partial charge in [-0.2, -0.15) is 0 Å². The van der Waals surface area contributed by atoms with E-state index >= 15 is 0 Å². The Kier molecular flexibility index (Phi) is 7.62. The molecule has 3 aliphatic rings. The predicted molar refractivity (Wildman–Crippen MR) is 121 cm³/mol. The molecule has 2 saturated heterocycles. The van der Waals surface area contributed by atoms with Crippen molar-refractivity contribution in [3.8, 4) is 0 Å². The van der Waals surface area contributed by atoms with Crippen LogP contribution in [-0.4, -0.2) is 80.7 Å². The second-order valence-electron chi connectivity index (χ2n) is 8.53. The van der Waals surface area contributed by atoms with Crippen LogP contribution in [0.2, 0.25) is 0 Å². The zero-order valence-corrected chi connectivity index (χ0v) is 18.8. The fourth-order valence-corrected chi connectivity index (χ4v) is 5.73. The predicted octanol–water partition coefficient (Wildman–Crippen LogP) is 2.08. The van der Waals surface area contributed by atoms with Crippen LogP contribution < -0.4 is 10.6 Å².